The largest absolute Gasteiger partial charge is 0.459 e. The first-order valence-corrected chi connectivity index (χ1v) is 10.9. The van der Waals surface area contributed by atoms with Gasteiger partial charge in [-0.05, 0) is 73.5 Å². The molecule has 182 valence electrons. The van der Waals surface area contributed by atoms with Gasteiger partial charge < -0.3 is 20.0 Å². The van der Waals surface area contributed by atoms with Gasteiger partial charge in [-0.3, -0.25) is 14.4 Å². The van der Waals surface area contributed by atoms with Gasteiger partial charge in [0.2, 0.25) is 5.91 Å². The van der Waals surface area contributed by atoms with Crippen molar-refractivity contribution in [3.8, 4) is 0 Å². The molecule has 7 nitrogen and oxygen atoms in total. The average Bonchev–Trinajstić information content (AvgIpc) is 3.40. The molecule has 1 aliphatic heterocycles. The number of nitrogens with one attached hydrogen (secondary N) is 2. The fourth-order valence-corrected chi connectivity index (χ4v) is 3.81. The van der Waals surface area contributed by atoms with Crippen molar-refractivity contribution in [1.82, 2.24) is 4.90 Å². The van der Waals surface area contributed by atoms with Crippen molar-refractivity contribution in [2.24, 2.45) is 5.92 Å². The molecule has 2 aromatic carbocycles. The molecule has 0 radical (unpaired) electrons. The Bertz CT molecular complexity index is 1180. The second-order valence-corrected chi connectivity index (χ2v) is 8.14. The van der Waals surface area contributed by atoms with Gasteiger partial charge in [0.1, 0.15) is 0 Å². The van der Waals surface area contributed by atoms with Gasteiger partial charge in [-0.15, -0.1) is 0 Å². The number of rotatable bonds is 5. The van der Waals surface area contributed by atoms with E-state index in [-0.39, 0.29) is 35.0 Å². The van der Waals surface area contributed by atoms with Crippen LogP contribution in [-0.4, -0.2) is 35.7 Å². The van der Waals surface area contributed by atoms with E-state index in [0.717, 1.165) is 12.1 Å². The normalized spacial score (nSPS) is 14.4. The molecule has 0 saturated carbocycles. The number of hydrogen-bond donors (Lipinski definition) is 2. The van der Waals surface area contributed by atoms with Crippen molar-refractivity contribution in [3.63, 3.8) is 0 Å². The second kappa shape index (κ2) is 10.0. The molecule has 35 heavy (non-hydrogen) atoms. The topological polar surface area (TPSA) is 91.7 Å². The van der Waals surface area contributed by atoms with Crippen LogP contribution in [0.1, 0.15) is 39.3 Å². The zero-order valence-electron chi connectivity index (χ0n) is 18.5. The number of alkyl halides is 3. The summed E-state index contributed by atoms with van der Waals surface area (Å²) < 4.78 is 43.2. The maximum Gasteiger partial charge on any atom is 0.416 e. The lowest BCUT2D eigenvalue weighted by molar-refractivity contribution is -0.137. The van der Waals surface area contributed by atoms with E-state index in [1.807, 2.05) is 0 Å². The summed E-state index contributed by atoms with van der Waals surface area (Å²) in [5, 5.41) is 5.52. The number of likely N-dealkylation sites (tertiary alicyclic amines) is 1. The number of anilines is 2. The molecule has 2 heterocycles. The van der Waals surface area contributed by atoms with Crippen LogP contribution in [0.2, 0.25) is 0 Å². The summed E-state index contributed by atoms with van der Waals surface area (Å²) in [6, 6.07) is 13.9. The van der Waals surface area contributed by atoms with Gasteiger partial charge in [-0.25, -0.2) is 0 Å². The van der Waals surface area contributed by atoms with Crippen molar-refractivity contribution in [2.75, 3.05) is 23.7 Å². The van der Waals surface area contributed by atoms with Crippen molar-refractivity contribution in [1.29, 1.82) is 0 Å². The lowest BCUT2D eigenvalue weighted by Crippen LogP contribution is -2.41. The highest BCUT2D eigenvalue weighted by Crippen LogP contribution is 2.29. The van der Waals surface area contributed by atoms with Gasteiger partial charge in [0, 0.05) is 35.9 Å². The molecule has 0 bridgehead atoms. The Hall–Kier alpha value is -4.08. The highest BCUT2D eigenvalue weighted by Gasteiger charge is 2.31. The Balaban J connectivity index is 1.26. The number of hydrogen-bond acceptors (Lipinski definition) is 4. The van der Waals surface area contributed by atoms with Crippen molar-refractivity contribution >= 4 is 29.1 Å². The van der Waals surface area contributed by atoms with Crippen LogP contribution in [0.4, 0.5) is 24.5 Å². The fourth-order valence-electron chi connectivity index (χ4n) is 3.81. The lowest BCUT2D eigenvalue weighted by atomic mass is 9.95. The highest BCUT2D eigenvalue weighted by molar-refractivity contribution is 6.02. The number of amides is 3. The molecule has 4 rings (SSSR count). The maximum atomic E-state index is 12.7. The Morgan fingerprint density at radius 1 is 0.857 bits per heavy atom. The van der Waals surface area contributed by atoms with E-state index in [9.17, 15) is 27.6 Å². The third kappa shape index (κ3) is 5.89. The zero-order chi connectivity index (χ0) is 25.0. The van der Waals surface area contributed by atoms with E-state index in [4.69, 9.17) is 4.42 Å². The Morgan fingerprint density at radius 2 is 1.46 bits per heavy atom. The average molecular weight is 485 g/mol. The first-order chi connectivity index (χ1) is 16.7. The SMILES string of the molecule is O=C(Nc1ccc(NC(=O)C2CCN(C(=O)c3ccc(C(F)(F)F)cc3)CC2)cc1)c1ccco1. The Morgan fingerprint density at radius 3 is 2.00 bits per heavy atom. The first-order valence-electron chi connectivity index (χ1n) is 10.9. The zero-order valence-corrected chi connectivity index (χ0v) is 18.5. The summed E-state index contributed by atoms with van der Waals surface area (Å²) in [6.07, 6.45) is -2.17. The molecule has 10 heteroatoms. The summed E-state index contributed by atoms with van der Waals surface area (Å²) in [4.78, 5) is 38.8. The van der Waals surface area contributed by atoms with Crippen molar-refractivity contribution in [2.45, 2.75) is 19.0 Å². The quantitative estimate of drug-likeness (QED) is 0.530. The summed E-state index contributed by atoms with van der Waals surface area (Å²) >= 11 is 0. The van der Waals surface area contributed by atoms with Crippen LogP contribution in [-0.2, 0) is 11.0 Å². The molecule has 0 unspecified atom stereocenters. The predicted molar refractivity (Wildman–Crippen MR) is 122 cm³/mol. The number of halogens is 3. The molecule has 3 amide bonds. The minimum Gasteiger partial charge on any atom is -0.459 e. The monoisotopic (exact) mass is 485 g/mol. The predicted octanol–water partition coefficient (Wildman–Crippen LogP) is 5.04. The summed E-state index contributed by atoms with van der Waals surface area (Å²) in [5.74, 6) is -1.04. The van der Waals surface area contributed by atoms with E-state index in [0.29, 0.717) is 37.3 Å². The van der Waals surface area contributed by atoms with Crippen LogP contribution in [0, 0.1) is 5.92 Å². The molecule has 1 saturated heterocycles. The van der Waals surface area contributed by atoms with Crippen LogP contribution in [0.3, 0.4) is 0 Å². The smallest absolute Gasteiger partial charge is 0.416 e. The highest BCUT2D eigenvalue weighted by atomic mass is 19.4. The molecular formula is C25H22F3N3O4. The summed E-state index contributed by atoms with van der Waals surface area (Å²) in [6.45, 7) is 0.658. The Kier molecular flexibility index (Phi) is 6.90. The van der Waals surface area contributed by atoms with Crippen LogP contribution in [0.25, 0.3) is 0 Å². The Labute approximate surface area is 198 Å². The summed E-state index contributed by atoms with van der Waals surface area (Å²) in [5.41, 5.74) is 0.478. The molecule has 2 N–H and O–H groups in total. The molecule has 1 fully saturated rings. The van der Waals surface area contributed by atoms with Gasteiger partial charge in [-0.1, -0.05) is 0 Å². The maximum absolute atomic E-state index is 12.7. The fraction of sp³-hybridized carbons (Fsp3) is 0.240. The van der Waals surface area contributed by atoms with Crippen LogP contribution in [0.15, 0.2) is 71.3 Å². The minimum atomic E-state index is -4.46. The van der Waals surface area contributed by atoms with Gasteiger partial charge >= 0.3 is 6.18 Å². The van der Waals surface area contributed by atoms with Gasteiger partial charge in [0.15, 0.2) is 5.76 Å². The number of carbonyl (C=O) groups excluding carboxylic acids is 3. The standard InChI is InChI=1S/C25H22F3N3O4/c26-25(27,28)18-5-3-17(4-6-18)24(34)31-13-11-16(12-14-31)22(32)29-19-7-9-20(10-8-19)30-23(33)21-2-1-15-35-21/h1-10,15-16H,11-14H2,(H,29,32)(H,30,33). The van der Waals surface area contributed by atoms with E-state index >= 15 is 0 Å². The number of furan rings is 1. The third-order valence-electron chi connectivity index (χ3n) is 5.77. The molecule has 1 aromatic heterocycles. The van der Waals surface area contributed by atoms with Gasteiger partial charge in [0.05, 0.1) is 11.8 Å². The van der Waals surface area contributed by atoms with Gasteiger partial charge in [-0.2, -0.15) is 13.2 Å². The van der Waals surface area contributed by atoms with Crippen LogP contribution < -0.4 is 10.6 Å². The lowest BCUT2D eigenvalue weighted by Gasteiger charge is -2.31. The molecule has 1 aliphatic rings. The van der Waals surface area contributed by atoms with Crippen LogP contribution >= 0.6 is 0 Å². The molecule has 3 aromatic rings. The summed E-state index contributed by atoms with van der Waals surface area (Å²) in [7, 11) is 0. The molecule has 0 spiro atoms. The first kappa shape index (κ1) is 24.1. The second-order valence-electron chi connectivity index (χ2n) is 8.14. The number of benzene rings is 2. The van der Waals surface area contributed by atoms with Gasteiger partial charge in [0.25, 0.3) is 11.8 Å². The number of carbonyl (C=O) groups is 3. The molecule has 0 atom stereocenters. The number of nitrogens with zero attached hydrogens (tertiary/aromatic N) is 1. The van der Waals surface area contributed by atoms with Crippen molar-refractivity contribution < 1.29 is 32.0 Å². The number of piperidine rings is 1. The molecule has 0 aliphatic carbocycles. The van der Waals surface area contributed by atoms with Crippen LogP contribution in [0.5, 0.6) is 0 Å². The van der Waals surface area contributed by atoms with E-state index < -0.39 is 11.7 Å². The molecular weight excluding hydrogens is 463 g/mol. The van der Waals surface area contributed by atoms with E-state index in [1.54, 1.807) is 41.3 Å². The minimum absolute atomic E-state index is 0.181. The van der Waals surface area contributed by atoms with E-state index in [2.05, 4.69) is 10.6 Å². The third-order valence-corrected chi connectivity index (χ3v) is 5.77. The van der Waals surface area contributed by atoms with Crippen molar-refractivity contribution in [3.05, 3.63) is 83.8 Å². The van der Waals surface area contributed by atoms with E-state index in [1.165, 1.54) is 18.4 Å².